The maximum atomic E-state index is 12.4. The van der Waals surface area contributed by atoms with Gasteiger partial charge >= 0.3 is 0 Å². The van der Waals surface area contributed by atoms with Crippen LogP contribution < -0.4 is 16.2 Å². The van der Waals surface area contributed by atoms with Crippen molar-refractivity contribution in [2.45, 2.75) is 0 Å². The zero-order valence-corrected chi connectivity index (χ0v) is 18.2. The summed E-state index contributed by atoms with van der Waals surface area (Å²) in [5.74, 6) is -0.280. The summed E-state index contributed by atoms with van der Waals surface area (Å²) in [6.45, 7) is 0. The molecule has 1 aromatic heterocycles. The van der Waals surface area contributed by atoms with Gasteiger partial charge in [0, 0.05) is 15.6 Å². The fourth-order valence-electron chi connectivity index (χ4n) is 2.66. The zero-order chi connectivity index (χ0) is 20.2. The van der Waals surface area contributed by atoms with Crippen LogP contribution >= 0.6 is 39.5 Å². The summed E-state index contributed by atoms with van der Waals surface area (Å²) in [6, 6.07) is 22.9. The van der Waals surface area contributed by atoms with Crippen molar-refractivity contribution >= 4 is 66.4 Å². The van der Waals surface area contributed by atoms with E-state index in [1.54, 1.807) is 23.5 Å². The van der Waals surface area contributed by atoms with Gasteiger partial charge in [-0.05, 0) is 64.5 Å². The molecule has 0 saturated carbocycles. The van der Waals surface area contributed by atoms with Gasteiger partial charge in [0.05, 0.1) is 15.9 Å². The first-order chi connectivity index (χ1) is 14.1. The number of carbonyl (C=O) groups is 1. The van der Waals surface area contributed by atoms with Crippen LogP contribution in [0, 0.1) is 0 Å². The minimum absolute atomic E-state index is 0.280. The number of para-hydroxylation sites is 2. The highest BCUT2D eigenvalue weighted by molar-refractivity contribution is 9.10. The van der Waals surface area contributed by atoms with Gasteiger partial charge in [-0.1, -0.05) is 36.4 Å². The molecule has 1 heterocycles. The Morgan fingerprint density at radius 3 is 2.41 bits per heavy atom. The summed E-state index contributed by atoms with van der Waals surface area (Å²) in [4.78, 5) is 17.0. The molecule has 144 valence electrons. The Morgan fingerprint density at radius 1 is 0.931 bits per heavy atom. The Morgan fingerprint density at radius 2 is 1.66 bits per heavy atom. The molecule has 29 heavy (non-hydrogen) atoms. The molecule has 3 aromatic carbocycles. The van der Waals surface area contributed by atoms with Crippen molar-refractivity contribution in [2.24, 2.45) is 0 Å². The van der Waals surface area contributed by atoms with Gasteiger partial charge in [0.25, 0.3) is 5.91 Å². The number of amides is 1. The third kappa shape index (κ3) is 4.61. The van der Waals surface area contributed by atoms with Crippen LogP contribution in [0.5, 0.6) is 0 Å². The number of benzene rings is 3. The van der Waals surface area contributed by atoms with E-state index in [0.717, 1.165) is 30.9 Å². The molecule has 8 heteroatoms. The van der Waals surface area contributed by atoms with E-state index in [-0.39, 0.29) is 11.0 Å². The van der Waals surface area contributed by atoms with Crippen molar-refractivity contribution in [1.82, 2.24) is 15.8 Å². The summed E-state index contributed by atoms with van der Waals surface area (Å²) >= 11 is 10.3. The van der Waals surface area contributed by atoms with Crippen molar-refractivity contribution in [3.8, 4) is 10.6 Å². The molecule has 4 rings (SSSR count). The van der Waals surface area contributed by atoms with Gasteiger partial charge in [-0.25, -0.2) is 4.98 Å². The lowest BCUT2D eigenvalue weighted by atomic mass is 10.1. The highest BCUT2D eigenvalue weighted by atomic mass is 79.9. The number of thiazole rings is 1. The van der Waals surface area contributed by atoms with E-state index in [0.29, 0.717) is 5.56 Å². The second-order valence-electron chi connectivity index (χ2n) is 6.08. The van der Waals surface area contributed by atoms with E-state index in [4.69, 9.17) is 12.2 Å². The zero-order valence-electron chi connectivity index (χ0n) is 15.0. The quantitative estimate of drug-likeness (QED) is 0.271. The molecule has 0 aliphatic heterocycles. The molecule has 0 atom stereocenters. The van der Waals surface area contributed by atoms with Crippen molar-refractivity contribution in [2.75, 3.05) is 5.32 Å². The van der Waals surface area contributed by atoms with Gasteiger partial charge in [0.15, 0.2) is 5.11 Å². The topological polar surface area (TPSA) is 66.1 Å². The average molecular weight is 483 g/mol. The third-order valence-corrected chi connectivity index (χ3v) is 6.08. The molecular formula is C21H15BrN4OS2. The van der Waals surface area contributed by atoms with Crippen LogP contribution in [0.25, 0.3) is 20.8 Å². The lowest BCUT2D eigenvalue weighted by Crippen LogP contribution is -2.43. The lowest BCUT2D eigenvalue weighted by molar-refractivity contribution is 0.0944. The first-order valence-corrected chi connectivity index (χ1v) is 10.7. The van der Waals surface area contributed by atoms with Crippen LogP contribution in [-0.2, 0) is 0 Å². The van der Waals surface area contributed by atoms with Crippen LogP contribution in [0.15, 0.2) is 77.3 Å². The largest absolute Gasteiger partial charge is 0.330 e. The summed E-state index contributed by atoms with van der Waals surface area (Å²) in [5.41, 5.74) is 8.58. The van der Waals surface area contributed by atoms with E-state index in [2.05, 4.69) is 43.1 Å². The maximum absolute atomic E-state index is 12.4. The lowest BCUT2D eigenvalue weighted by Gasteiger charge is -2.12. The van der Waals surface area contributed by atoms with Crippen LogP contribution in [0.2, 0.25) is 0 Å². The molecule has 3 N–H and O–H groups in total. The number of carbonyl (C=O) groups excluding carboxylic acids is 1. The minimum atomic E-state index is -0.280. The first-order valence-electron chi connectivity index (χ1n) is 8.68. The number of hydrogen-bond acceptors (Lipinski definition) is 4. The van der Waals surface area contributed by atoms with E-state index in [1.165, 1.54) is 0 Å². The Bertz CT molecular complexity index is 1160. The number of rotatable bonds is 3. The number of nitrogens with zero attached hydrogens (tertiary/aromatic N) is 1. The van der Waals surface area contributed by atoms with Crippen LogP contribution in [-0.4, -0.2) is 16.0 Å². The molecule has 0 radical (unpaired) electrons. The van der Waals surface area contributed by atoms with E-state index >= 15 is 0 Å². The Hall–Kier alpha value is -2.81. The van der Waals surface area contributed by atoms with Crippen molar-refractivity contribution in [1.29, 1.82) is 0 Å². The standard InChI is InChI=1S/C21H15BrN4OS2/c22-15-5-1-2-6-16(15)24-21(28)26-25-19(27)13-9-11-14(12-10-13)20-23-17-7-3-4-8-18(17)29-20/h1-12H,(H,25,27)(H2,24,26,28). The Labute approximate surface area is 185 Å². The number of hydrazine groups is 1. The van der Waals surface area contributed by atoms with Gasteiger partial charge in [-0.3, -0.25) is 15.6 Å². The average Bonchev–Trinajstić information content (AvgIpc) is 3.18. The summed E-state index contributed by atoms with van der Waals surface area (Å²) in [7, 11) is 0. The minimum Gasteiger partial charge on any atom is -0.330 e. The highest BCUT2D eigenvalue weighted by Gasteiger charge is 2.09. The van der Waals surface area contributed by atoms with Gasteiger partial charge in [0.2, 0.25) is 0 Å². The molecular weight excluding hydrogens is 468 g/mol. The van der Waals surface area contributed by atoms with Crippen LogP contribution in [0.3, 0.4) is 0 Å². The van der Waals surface area contributed by atoms with Gasteiger partial charge in [0.1, 0.15) is 5.01 Å². The number of nitrogens with one attached hydrogen (secondary N) is 3. The van der Waals surface area contributed by atoms with Gasteiger partial charge in [-0.15, -0.1) is 11.3 Å². The number of aromatic nitrogens is 1. The van der Waals surface area contributed by atoms with Gasteiger partial charge < -0.3 is 5.32 Å². The van der Waals surface area contributed by atoms with Crippen molar-refractivity contribution in [3.05, 3.63) is 82.8 Å². The molecule has 0 bridgehead atoms. The van der Waals surface area contributed by atoms with E-state index in [9.17, 15) is 4.79 Å². The second kappa shape index (κ2) is 8.69. The number of halogens is 1. The molecule has 5 nitrogen and oxygen atoms in total. The fourth-order valence-corrected chi connectivity index (χ4v) is 4.18. The molecule has 0 spiro atoms. The van der Waals surface area contributed by atoms with Crippen LogP contribution in [0.4, 0.5) is 5.69 Å². The molecule has 0 unspecified atom stereocenters. The summed E-state index contributed by atoms with van der Waals surface area (Å²) in [6.07, 6.45) is 0. The molecule has 0 saturated heterocycles. The number of anilines is 1. The fraction of sp³-hybridized carbons (Fsp3) is 0. The normalized spacial score (nSPS) is 10.5. The maximum Gasteiger partial charge on any atom is 0.269 e. The monoisotopic (exact) mass is 482 g/mol. The summed E-state index contributed by atoms with van der Waals surface area (Å²) < 4.78 is 2.01. The number of hydrogen-bond donors (Lipinski definition) is 3. The molecule has 1 amide bonds. The SMILES string of the molecule is O=C(NNC(=S)Nc1ccccc1Br)c1ccc(-c2nc3ccccc3s2)cc1. The van der Waals surface area contributed by atoms with Crippen LogP contribution in [0.1, 0.15) is 10.4 Å². The van der Waals surface area contributed by atoms with E-state index in [1.807, 2.05) is 54.6 Å². The molecule has 0 aliphatic rings. The Balaban J connectivity index is 1.38. The number of thiocarbonyl (C=S) groups is 1. The molecule has 0 aliphatic carbocycles. The highest BCUT2D eigenvalue weighted by Crippen LogP contribution is 2.30. The predicted molar refractivity (Wildman–Crippen MR) is 126 cm³/mol. The molecule has 0 fully saturated rings. The second-order valence-corrected chi connectivity index (χ2v) is 8.37. The molecule has 4 aromatic rings. The summed E-state index contributed by atoms with van der Waals surface area (Å²) in [5, 5.41) is 4.23. The van der Waals surface area contributed by atoms with Gasteiger partial charge in [-0.2, -0.15) is 0 Å². The number of fused-ring (bicyclic) bond motifs is 1. The van der Waals surface area contributed by atoms with E-state index < -0.39 is 0 Å². The van der Waals surface area contributed by atoms with Crippen molar-refractivity contribution in [3.63, 3.8) is 0 Å². The smallest absolute Gasteiger partial charge is 0.269 e. The Kier molecular flexibility index (Phi) is 5.84. The predicted octanol–water partition coefficient (Wildman–Crippen LogP) is 5.36. The van der Waals surface area contributed by atoms with Crippen molar-refractivity contribution < 1.29 is 4.79 Å². The first kappa shape index (κ1) is 19.5. The third-order valence-electron chi connectivity index (χ3n) is 4.10.